The molecule has 2 heterocycles. The Hall–Kier alpha value is -2.21. The molecule has 0 unspecified atom stereocenters. The van der Waals surface area contributed by atoms with E-state index in [4.69, 9.17) is 0 Å². The summed E-state index contributed by atoms with van der Waals surface area (Å²) in [7, 11) is 0. The lowest BCUT2D eigenvalue weighted by Crippen LogP contribution is -2.47. The van der Waals surface area contributed by atoms with Gasteiger partial charge in [0.15, 0.2) is 0 Å². The third-order valence-electron chi connectivity index (χ3n) is 6.04. The molecule has 0 bridgehead atoms. The van der Waals surface area contributed by atoms with Gasteiger partial charge < -0.3 is 10.4 Å². The van der Waals surface area contributed by atoms with Gasteiger partial charge in [-0.15, -0.1) is 17.5 Å². The molecular weight excluding hydrogens is 360 g/mol. The first kappa shape index (κ1) is 18.2. The normalized spacial score (nSPS) is 23.0. The van der Waals surface area contributed by atoms with Crippen LogP contribution in [-0.4, -0.2) is 39.3 Å². The number of rotatable bonds is 2. The molecule has 140 valence electrons. The highest BCUT2D eigenvalue weighted by Gasteiger charge is 2.52. The molecule has 2 aliphatic rings. The molecule has 5 rings (SSSR count). The molecule has 1 spiro atoms. The zero-order valence-electron chi connectivity index (χ0n) is 15.0. The van der Waals surface area contributed by atoms with Gasteiger partial charge in [-0.05, 0) is 37.1 Å². The summed E-state index contributed by atoms with van der Waals surface area (Å²) in [6, 6.07) is 18.3. The topological polar surface area (TPSA) is 63.0 Å². The lowest BCUT2D eigenvalue weighted by atomic mass is 9.72. The maximum atomic E-state index is 11.4. The standard InChI is InChI=1S/C21H22N4O.ClH/c26-20-19(25-14-18(23-24-25)15-6-2-1-3-7-15)16-8-4-5-9-17(16)21(20)10-12-22-13-11-21;/h1-9,14,19-20,22,26H,10-13H2;1H/t19-,20+;/m1./s1. The summed E-state index contributed by atoms with van der Waals surface area (Å²) in [6.07, 6.45) is 3.36. The van der Waals surface area contributed by atoms with E-state index in [0.717, 1.165) is 37.2 Å². The fraction of sp³-hybridized carbons (Fsp3) is 0.333. The van der Waals surface area contributed by atoms with E-state index >= 15 is 0 Å². The molecule has 1 aliphatic carbocycles. The summed E-state index contributed by atoms with van der Waals surface area (Å²) in [5.74, 6) is 0. The summed E-state index contributed by atoms with van der Waals surface area (Å²) in [5, 5.41) is 23.6. The minimum absolute atomic E-state index is 0. The van der Waals surface area contributed by atoms with Gasteiger partial charge in [-0.1, -0.05) is 59.8 Å². The van der Waals surface area contributed by atoms with Crippen molar-refractivity contribution in [2.75, 3.05) is 13.1 Å². The first-order valence-electron chi connectivity index (χ1n) is 9.25. The Morgan fingerprint density at radius 2 is 1.70 bits per heavy atom. The lowest BCUT2D eigenvalue weighted by Gasteiger charge is -2.38. The quantitative estimate of drug-likeness (QED) is 0.715. The number of piperidine rings is 1. The van der Waals surface area contributed by atoms with Crippen molar-refractivity contribution in [3.8, 4) is 11.3 Å². The SMILES string of the molecule is Cl.O[C@H]1[C@H](n2cc(-c3ccccc3)nn2)c2ccccc2C12CCNCC2. The number of nitrogens with zero attached hydrogens (tertiary/aromatic N) is 3. The van der Waals surface area contributed by atoms with Gasteiger partial charge in [0.25, 0.3) is 0 Å². The second-order valence-corrected chi connectivity index (χ2v) is 7.33. The molecule has 27 heavy (non-hydrogen) atoms. The molecule has 2 atom stereocenters. The van der Waals surface area contributed by atoms with Gasteiger partial charge in [0.05, 0.1) is 12.3 Å². The van der Waals surface area contributed by atoms with Crippen LogP contribution in [0.2, 0.25) is 0 Å². The van der Waals surface area contributed by atoms with Crippen molar-refractivity contribution in [3.63, 3.8) is 0 Å². The van der Waals surface area contributed by atoms with E-state index in [-0.39, 0.29) is 23.9 Å². The van der Waals surface area contributed by atoms with Gasteiger partial charge in [0.1, 0.15) is 11.7 Å². The van der Waals surface area contributed by atoms with E-state index in [0.29, 0.717) is 0 Å². The van der Waals surface area contributed by atoms with Crippen LogP contribution in [0.5, 0.6) is 0 Å². The van der Waals surface area contributed by atoms with Crippen LogP contribution >= 0.6 is 12.4 Å². The maximum Gasteiger partial charge on any atom is 0.113 e. The van der Waals surface area contributed by atoms with Crippen LogP contribution in [0, 0.1) is 0 Å². The van der Waals surface area contributed by atoms with E-state index in [2.05, 4.69) is 33.8 Å². The first-order chi connectivity index (χ1) is 12.8. The molecule has 1 fully saturated rings. The molecule has 3 aromatic rings. The molecule has 0 saturated carbocycles. The van der Waals surface area contributed by atoms with E-state index in [1.54, 1.807) is 0 Å². The Kier molecular flexibility index (Phi) is 4.76. The van der Waals surface area contributed by atoms with Gasteiger partial charge in [0, 0.05) is 11.0 Å². The van der Waals surface area contributed by atoms with Crippen molar-refractivity contribution in [1.29, 1.82) is 0 Å². The number of aliphatic hydroxyl groups is 1. The Morgan fingerprint density at radius 1 is 1.00 bits per heavy atom. The van der Waals surface area contributed by atoms with Crippen LogP contribution in [-0.2, 0) is 5.41 Å². The second kappa shape index (κ2) is 7.08. The fourth-order valence-electron chi connectivity index (χ4n) is 4.72. The van der Waals surface area contributed by atoms with Crippen molar-refractivity contribution >= 4 is 12.4 Å². The van der Waals surface area contributed by atoms with Crippen molar-refractivity contribution in [2.24, 2.45) is 0 Å². The van der Waals surface area contributed by atoms with E-state index in [9.17, 15) is 5.11 Å². The van der Waals surface area contributed by atoms with Crippen LogP contribution in [0.15, 0.2) is 60.8 Å². The van der Waals surface area contributed by atoms with Crippen molar-refractivity contribution in [3.05, 3.63) is 71.9 Å². The van der Waals surface area contributed by atoms with Crippen LogP contribution in [0.1, 0.15) is 30.0 Å². The van der Waals surface area contributed by atoms with Gasteiger partial charge in [-0.3, -0.25) is 0 Å². The molecule has 1 aliphatic heterocycles. The Balaban J connectivity index is 0.00000180. The van der Waals surface area contributed by atoms with Crippen molar-refractivity contribution < 1.29 is 5.11 Å². The molecule has 1 saturated heterocycles. The van der Waals surface area contributed by atoms with Crippen LogP contribution in [0.25, 0.3) is 11.3 Å². The summed E-state index contributed by atoms with van der Waals surface area (Å²) >= 11 is 0. The zero-order chi connectivity index (χ0) is 17.6. The lowest BCUT2D eigenvalue weighted by molar-refractivity contribution is 0.0421. The van der Waals surface area contributed by atoms with E-state index < -0.39 is 6.10 Å². The summed E-state index contributed by atoms with van der Waals surface area (Å²) < 4.78 is 1.85. The molecule has 0 radical (unpaired) electrons. The Labute approximate surface area is 164 Å². The highest BCUT2D eigenvalue weighted by molar-refractivity contribution is 5.85. The van der Waals surface area contributed by atoms with Crippen LogP contribution in [0.4, 0.5) is 0 Å². The molecule has 6 heteroatoms. The Bertz CT molecular complexity index is 921. The summed E-state index contributed by atoms with van der Waals surface area (Å²) in [6.45, 7) is 1.87. The molecule has 0 amide bonds. The van der Waals surface area contributed by atoms with Gasteiger partial charge in [0.2, 0.25) is 0 Å². The predicted molar refractivity (Wildman–Crippen MR) is 107 cm³/mol. The summed E-state index contributed by atoms with van der Waals surface area (Å²) in [4.78, 5) is 0. The maximum absolute atomic E-state index is 11.4. The minimum Gasteiger partial charge on any atom is -0.390 e. The predicted octanol–water partition coefficient (Wildman–Crippen LogP) is 2.95. The smallest absolute Gasteiger partial charge is 0.113 e. The number of hydrogen-bond donors (Lipinski definition) is 2. The van der Waals surface area contributed by atoms with Gasteiger partial charge in [-0.2, -0.15) is 0 Å². The van der Waals surface area contributed by atoms with E-state index in [1.807, 2.05) is 47.3 Å². The molecule has 2 N–H and O–H groups in total. The second-order valence-electron chi connectivity index (χ2n) is 7.33. The molecule has 5 nitrogen and oxygen atoms in total. The number of aliphatic hydroxyl groups excluding tert-OH is 1. The van der Waals surface area contributed by atoms with Crippen molar-refractivity contribution in [2.45, 2.75) is 30.4 Å². The van der Waals surface area contributed by atoms with Crippen LogP contribution in [0.3, 0.4) is 0 Å². The van der Waals surface area contributed by atoms with Gasteiger partial charge in [-0.25, -0.2) is 4.68 Å². The monoisotopic (exact) mass is 382 g/mol. The number of halogens is 1. The number of nitrogens with one attached hydrogen (secondary N) is 1. The highest BCUT2D eigenvalue weighted by Crippen LogP contribution is 2.51. The average Bonchev–Trinajstić information content (AvgIpc) is 3.27. The largest absolute Gasteiger partial charge is 0.390 e. The first-order valence-corrected chi connectivity index (χ1v) is 9.25. The minimum atomic E-state index is -0.493. The number of benzene rings is 2. The summed E-state index contributed by atoms with van der Waals surface area (Å²) in [5.41, 5.74) is 4.13. The molecular formula is C21H23ClN4O. The van der Waals surface area contributed by atoms with E-state index in [1.165, 1.54) is 11.1 Å². The zero-order valence-corrected chi connectivity index (χ0v) is 15.8. The number of aromatic nitrogens is 3. The highest BCUT2D eigenvalue weighted by atomic mass is 35.5. The third kappa shape index (κ3) is 2.78. The number of hydrogen-bond acceptors (Lipinski definition) is 4. The average molecular weight is 383 g/mol. The molecule has 1 aromatic heterocycles. The third-order valence-corrected chi connectivity index (χ3v) is 6.04. The molecule has 2 aromatic carbocycles. The fourth-order valence-corrected chi connectivity index (χ4v) is 4.72. The van der Waals surface area contributed by atoms with Crippen molar-refractivity contribution in [1.82, 2.24) is 20.3 Å². The Morgan fingerprint density at radius 3 is 2.48 bits per heavy atom. The number of fused-ring (bicyclic) bond motifs is 2. The van der Waals surface area contributed by atoms with Gasteiger partial charge >= 0.3 is 0 Å². The van der Waals surface area contributed by atoms with Crippen LogP contribution < -0.4 is 5.32 Å².